The number of hydrogen-bond acceptors (Lipinski definition) is 2. The summed E-state index contributed by atoms with van der Waals surface area (Å²) in [5, 5.41) is 4.61. The average molecular weight is 215 g/mol. The first-order valence-electron chi connectivity index (χ1n) is 6.09. The molecule has 0 radical (unpaired) electrons. The van der Waals surface area contributed by atoms with Crippen LogP contribution in [0.5, 0.6) is 0 Å². The van der Waals surface area contributed by atoms with Gasteiger partial charge in [-0.2, -0.15) is 0 Å². The Morgan fingerprint density at radius 1 is 1.19 bits per heavy atom. The van der Waals surface area contributed by atoms with Gasteiger partial charge in [0.25, 0.3) is 0 Å². The van der Waals surface area contributed by atoms with E-state index in [1.807, 2.05) is 6.07 Å². The van der Waals surface area contributed by atoms with Crippen molar-refractivity contribution in [3.05, 3.63) is 36.1 Å². The fourth-order valence-corrected chi connectivity index (χ4v) is 2.55. The van der Waals surface area contributed by atoms with Crippen LogP contribution in [-0.2, 0) is 6.42 Å². The van der Waals surface area contributed by atoms with Crippen molar-refractivity contribution in [2.75, 3.05) is 13.1 Å². The quantitative estimate of drug-likeness (QED) is 0.833. The highest BCUT2D eigenvalue weighted by atomic mass is 16.3. The first kappa shape index (κ1) is 9.91. The fourth-order valence-electron chi connectivity index (χ4n) is 2.55. The van der Waals surface area contributed by atoms with E-state index in [9.17, 15) is 0 Å². The lowest BCUT2D eigenvalue weighted by molar-refractivity contribution is 0.372. The smallest absolute Gasteiger partial charge is 0.134 e. The minimum atomic E-state index is 0.841. The predicted octanol–water partition coefficient (Wildman–Crippen LogP) is 2.97. The summed E-state index contributed by atoms with van der Waals surface area (Å²) in [6, 6.07) is 8.61. The van der Waals surface area contributed by atoms with Crippen LogP contribution in [0.1, 0.15) is 18.4 Å². The van der Waals surface area contributed by atoms with E-state index in [4.69, 9.17) is 4.42 Å². The second kappa shape index (κ2) is 4.30. The molecule has 16 heavy (non-hydrogen) atoms. The standard InChI is InChI=1S/C14H17NO/c1-2-13-5-8-16-14(13)10-12(1)9-11-3-6-15-7-4-11/h1-2,5,8,10-11,15H,3-4,6-7,9H2. The van der Waals surface area contributed by atoms with Gasteiger partial charge in [-0.15, -0.1) is 0 Å². The topological polar surface area (TPSA) is 25.2 Å². The van der Waals surface area contributed by atoms with Crippen molar-refractivity contribution in [1.29, 1.82) is 0 Å². The molecule has 1 N–H and O–H groups in total. The van der Waals surface area contributed by atoms with Crippen LogP contribution in [0.3, 0.4) is 0 Å². The van der Waals surface area contributed by atoms with Gasteiger partial charge in [-0.1, -0.05) is 12.1 Å². The van der Waals surface area contributed by atoms with Gasteiger partial charge >= 0.3 is 0 Å². The van der Waals surface area contributed by atoms with E-state index in [2.05, 4.69) is 23.5 Å². The van der Waals surface area contributed by atoms with Crippen molar-refractivity contribution in [3.63, 3.8) is 0 Å². The van der Waals surface area contributed by atoms with Crippen molar-refractivity contribution in [3.8, 4) is 0 Å². The molecule has 1 saturated heterocycles. The lowest BCUT2D eigenvalue weighted by Crippen LogP contribution is -2.28. The number of rotatable bonds is 2. The molecule has 0 aliphatic carbocycles. The summed E-state index contributed by atoms with van der Waals surface area (Å²) in [6.45, 7) is 2.35. The summed E-state index contributed by atoms with van der Waals surface area (Å²) in [7, 11) is 0. The van der Waals surface area contributed by atoms with E-state index in [0.717, 1.165) is 11.5 Å². The highest BCUT2D eigenvalue weighted by Crippen LogP contribution is 2.22. The van der Waals surface area contributed by atoms with Gasteiger partial charge in [0.05, 0.1) is 6.26 Å². The van der Waals surface area contributed by atoms with E-state index in [0.29, 0.717) is 0 Å². The van der Waals surface area contributed by atoms with E-state index in [1.54, 1.807) is 6.26 Å². The summed E-state index contributed by atoms with van der Waals surface area (Å²) in [5.41, 5.74) is 2.43. The summed E-state index contributed by atoms with van der Waals surface area (Å²) >= 11 is 0. The molecule has 1 aliphatic rings. The largest absolute Gasteiger partial charge is 0.464 e. The minimum Gasteiger partial charge on any atom is -0.464 e. The molecule has 1 aromatic carbocycles. The molecule has 0 bridgehead atoms. The van der Waals surface area contributed by atoms with Crippen LogP contribution in [0.4, 0.5) is 0 Å². The third kappa shape index (κ3) is 1.98. The molecular formula is C14H17NO. The van der Waals surface area contributed by atoms with E-state index in [-0.39, 0.29) is 0 Å². The van der Waals surface area contributed by atoms with Crippen molar-refractivity contribution in [2.24, 2.45) is 5.92 Å². The summed E-state index contributed by atoms with van der Waals surface area (Å²) < 4.78 is 5.44. The van der Waals surface area contributed by atoms with Gasteiger partial charge in [0, 0.05) is 5.39 Å². The lowest BCUT2D eigenvalue weighted by atomic mass is 9.91. The van der Waals surface area contributed by atoms with E-state index < -0.39 is 0 Å². The van der Waals surface area contributed by atoms with Gasteiger partial charge in [0.2, 0.25) is 0 Å². The minimum absolute atomic E-state index is 0.841. The Morgan fingerprint density at radius 3 is 2.94 bits per heavy atom. The number of benzene rings is 1. The van der Waals surface area contributed by atoms with Crippen LogP contribution in [-0.4, -0.2) is 13.1 Å². The molecule has 1 fully saturated rings. The lowest BCUT2D eigenvalue weighted by Gasteiger charge is -2.22. The molecule has 2 heteroatoms. The van der Waals surface area contributed by atoms with Gasteiger partial charge in [-0.25, -0.2) is 0 Å². The molecule has 1 aliphatic heterocycles. The number of nitrogens with one attached hydrogen (secondary N) is 1. The van der Waals surface area contributed by atoms with Crippen LogP contribution < -0.4 is 5.32 Å². The Balaban J connectivity index is 1.77. The zero-order valence-corrected chi connectivity index (χ0v) is 9.41. The Hall–Kier alpha value is -1.28. The van der Waals surface area contributed by atoms with Crippen molar-refractivity contribution in [2.45, 2.75) is 19.3 Å². The molecule has 84 valence electrons. The Kier molecular flexibility index (Phi) is 2.66. The van der Waals surface area contributed by atoms with Gasteiger partial charge in [-0.3, -0.25) is 0 Å². The molecule has 0 atom stereocenters. The molecular weight excluding hydrogens is 198 g/mol. The first-order chi connectivity index (χ1) is 7.92. The second-order valence-electron chi connectivity index (χ2n) is 4.69. The Morgan fingerprint density at radius 2 is 2.06 bits per heavy atom. The molecule has 0 saturated carbocycles. The number of furan rings is 1. The third-order valence-corrected chi connectivity index (χ3v) is 3.50. The monoisotopic (exact) mass is 215 g/mol. The fraction of sp³-hybridized carbons (Fsp3) is 0.429. The maximum Gasteiger partial charge on any atom is 0.134 e. The average Bonchev–Trinajstić information content (AvgIpc) is 2.77. The molecule has 0 spiro atoms. The van der Waals surface area contributed by atoms with Crippen molar-refractivity contribution >= 4 is 11.0 Å². The number of fused-ring (bicyclic) bond motifs is 1. The molecule has 3 rings (SSSR count). The highest BCUT2D eigenvalue weighted by Gasteiger charge is 2.13. The van der Waals surface area contributed by atoms with Gasteiger partial charge in [0.1, 0.15) is 5.58 Å². The number of piperidine rings is 1. The predicted molar refractivity (Wildman–Crippen MR) is 65.5 cm³/mol. The van der Waals surface area contributed by atoms with Crippen LogP contribution >= 0.6 is 0 Å². The zero-order valence-electron chi connectivity index (χ0n) is 9.41. The third-order valence-electron chi connectivity index (χ3n) is 3.50. The van der Waals surface area contributed by atoms with Crippen LogP contribution in [0.15, 0.2) is 34.9 Å². The Labute approximate surface area is 95.6 Å². The van der Waals surface area contributed by atoms with Crippen LogP contribution in [0.2, 0.25) is 0 Å². The van der Waals surface area contributed by atoms with Crippen molar-refractivity contribution < 1.29 is 4.42 Å². The molecule has 1 aromatic heterocycles. The number of hydrogen-bond donors (Lipinski definition) is 1. The highest BCUT2D eigenvalue weighted by molar-refractivity contribution is 5.77. The van der Waals surface area contributed by atoms with E-state index in [1.165, 1.54) is 43.3 Å². The first-order valence-corrected chi connectivity index (χ1v) is 6.09. The summed E-state index contributed by atoms with van der Waals surface area (Å²) in [6.07, 6.45) is 5.56. The molecule has 2 aromatic rings. The summed E-state index contributed by atoms with van der Waals surface area (Å²) in [4.78, 5) is 0. The summed E-state index contributed by atoms with van der Waals surface area (Å²) in [5.74, 6) is 0.841. The molecule has 2 nitrogen and oxygen atoms in total. The normalized spacial score (nSPS) is 18.0. The maximum absolute atomic E-state index is 5.44. The van der Waals surface area contributed by atoms with Gasteiger partial charge in [0.15, 0.2) is 0 Å². The Bertz CT molecular complexity index is 468. The second-order valence-corrected chi connectivity index (χ2v) is 4.69. The van der Waals surface area contributed by atoms with Crippen LogP contribution in [0, 0.1) is 5.92 Å². The molecule has 0 amide bonds. The van der Waals surface area contributed by atoms with Crippen molar-refractivity contribution in [1.82, 2.24) is 5.32 Å². The van der Waals surface area contributed by atoms with E-state index >= 15 is 0 Å². The maximum atomic E-state index is 5.44. The zero-order chi connectivity index (χ0) is 10.8. The molecule has 2 heterocycles. The SMILES string of the molecule is c1cc2ccc(CC3CCNCC3)cc2o1. The van der Waals surface area contributed by atoms with Gasteiger partial charge < -0.3 is 9.73 Å². The molecule has 0 unspecified atom stereocenters. The van der Waals surface area contributed by atoms with Gasteiger partial charge in [-0.05, 0) is 56.0 Å². The van der Waals surface area contributed by atoms with Crippen LogP contribution in [0.25, 0.3) is 11.0 Å².